The molecule has 5 nitrogen and oxygen atoms in total. The number of nitrogens with zero attached hydrogens (tertiary/aromatic N) is 1. The highest BCUT2D eigenvalue weighted by Gasteiger charge is 2.36. The molecule has 1 saturated heterocycles. The Labute approximate surface area is 128 Å². The SMILES string of the molecule is C=C(C)C(=O)O.CCOC(=O)N1C(C)CCCCC1(C)C. The molecule has 1 amide bonds. The topological polar surface area (TPSA) is 66.8 Å². The minimum absolute atomic E-state index is 0.0673. The second kappa shape index (κ2) is 8.70. The van der Waals surface area contributed by atoms with Crippen molar-refractivity contribution < 1.29 is 19.4 Å². The van der Waals surface area contributed by atoms with E-state index < -0.39 is 5.97 Å². The molecule has 122 valence electrons. The first kappa shape index (κ1) is 19.5. The third-order valence-electron chi connectivity index (χ3n) is 3.58. The van der Waals surface area contributed by atoms with E-state index in [1.165, 1.54) is 19.8 Å². The van der Waals surface area contributed by atoms with Crippen molar-refractivity contribution in [3.8, 4) is 0 Å². The van der Waals surface area contributed by atoms with Gasteiger partial charge < -0.3 is 14.7 Å². The molecule has 0 bridgehead atoms. The van der Waals surface area contributed by atoms with Crippen LogP contribution in [0.25, 0.3) is 0 Å². The molecule has 21 heavy (non-hydrogen) atoms. The molecule has 1 atom stereocenters. The lowest BCUT2D eigenvalue weighted by Crippen LogP contribution is -2.51. The summed E-state index contributed by atoms with van der Waals surface area (Å²) in [7, 11) is 0. The first-order valence-corrected chi connectivity index (χ1v) is 7.48. The van der Waals surface area contributed by atoms with Crippen molar-refractivity contribution in [3.05, 3.63) is 12.2 Å². The van der Waals surface area contributed by atoms with E-state index in [9.17, 15) is 9.59 Å². The van der Waals surface area contributed by atoms with E-state index in [4.69, 9.17) is 9.84 Å². The molecule has 1 aliphatic heterocycles. The molecule has 0 aromatic rings. The third kappa shape index (κ3) is 6.65. The van der Waals surface area contributed by atoms with Crippen molar-refractivity contribution in [1.29, 1.82) is 0 Å². The number of carbonyl (C=O) groups is 2. The van der Waals surface area contributed by atoms with E-state index in [0.29, 0.717) is 12.6 Å². The zero-order chi connectivity index (χ0) is 16.6. The largest absolute Gasteiger partial charge is 0.478 e. The molecule has 0 spiro atoms. The molecule has 1 rings (SSSR count). The van der Waals surface area contributed by atoms with Gasteiger partial charge in [-0.3, -0.25) is 0 Å². The van der Waals surface area contributed by atoms with Gasteiger partial charge in [0.1, 0.15) is 0 Å². The van der Waals surface area contributed by atoms with E-state index in [1.54, 1.807) is 0 Å². The fraction of sp³-hybridized carbons (Fsp3) is 0.750. The Morgan fingerprint density at radius 1 is 1.38 bits per heavy atom. The van der Waals surface area contributed by atoms with E-state index in [1.807, 2.05) is 11.8 Å². The molecule has 0 aromatic carbocycles. The van der Waals surface area contributed by atoms with Crippen molar-refractivity contribution in [3.63, 3.8) is 0 Å². The van der Waals surface area contributed by atoms with Crippen LogP contribution in [0.3, 0.4) is 0 Å². The van der Waals surface area contributed by atoms with Gasteiger partial charge in [-0.15, -0.1) is 0 Å². The highest BCUT2D eigenvalue weighted by molar-refractivity contribution is 5.84. The van der Waals surface area contributed by atoms with Crippen LogP contribution in [0.15, 0.2) is 12.2 Å². The highest BCUT2D eigenvalue weighted by atomic mass is 16.6. The van der Waals surface area contributed by atoms with Gasteiger partial charge in [-0.25, -0.2) is 9.59 Å². The lowest BCUT2D eigenvalue weighted by molar-refractivity contribution is -0.132. The van der Waals surface area contributed by atoms with Gasteiger partial charge in [0.25, 0.3) is 0 Å². The van der Waals surface area contributed by atoms with Crippen LogP contribution in [0.5, 0.6) is 0 Å². The van der Waals surface area contributed by atoms with Crippen LogP contribution < -0.4 is 0 Å². The number of hydrogen-bond donors (Lipinski definition) is 1. The number of ether oxygens (including phenoxy) is 1. The van der Waals surface area contributed by atoms with Crippen LogP contribution in [0.2, 0.25) is 0 Å². The minimum atomic E-state index is -0.935. The first-order chi connectivity index (χ1) is 9.63. The van der Waals surface area contributed by atoms with Gasteiger partial charge in [0.15, 0.2) is 0 Å². The predicted molar refractivity (Wildman–Crippen MR) is 83.3 cm³/mol. The maximum atomic E-state index is 11.9. The summed E-state index contributed by atoms with van der Waals surface area (Å²) in [5, 5.41) is 7.89. The average molecular weight is 299 g/mol. The molecule has 1 heterocycles. The Kier molecular flexibility index (Phi) is 8.07. The van der Waals surface area contributed by atoms with Gasteiger partial charge in [0.2, 0.25) is 0 Å². The Hall–Kier alpha value is -1.52. The Bertz CT molecular complexity index is 364. The summed E-state index contributed by atoms with van der Waals surface area (Å²) in [5.41, 5.74) is 0.109. The fourth-order valence-corrected chi connectivity index (χ4v) is 2.46. The quantitative estimate of drug-likeness (QED) is 0.787. The summed E-state index contributed by atoms with van der Waals surface area (Å²) in [4.78, 5) is 23.4. The number of rotatable bonds is 2. The average Bonchev–Trinajstić information content (AvgIpc) is 2.48. The lowest BCUT2D eigenvalue weighted by Gasteiger charge is -2.39. The van der Waals surface area contributed by atoms with Crippen LogP contribution >= 0.6 is 0 Å². The maximum absolute atomic E-state index is 11.9. The number of carboxylic acids is 1. The Morgan fingerprint density at radius 2 is 1.90 bits per heavy atom. The zero-order valence-corrected chi connectivity index (χ0v) is 13.9. The first-order valence-electron chi connectivity index (χ1n) is 7.48. The lowest BCUT2D eigenvalue weighted by atomic mass is 9.97. The number of likely N-dealkylation sites (tertiary alicyclic amines) is 1. The predicted octanol–water partition coefficient (Wildman–Crippen LogP) is 3.83. The normalized spacial score (nSPS) is 20.6. The zero-order valence-electron chi connectivity index (χ0n) is 13.9. The molecular weight excluding hydrogens is 270 g/mol. The van der Waals surface area contributed by atoms with Crippen LogP contribution in [0, 0.1) is 0 Å². The standard InChI is InChI=1S/C12H23NO2.C4H6O2/c1-5-15-11(14)13-10(2)8-6-7-9-12(13,3)4;1-3(2)4(5)6/h10H,5-9H2,1-4H3;1H2,2H3,(H,5,6). The minimum Gasteiger partial charge on any atom is -0.478 e. The van der Waals surface area contributed by atoms with Crippen LogP contribution in [-0.4, -0.2) is 40.3 Å². The summed E-state index contributed by atoms with van der Waals surface area (Å²) >= 11 is 0. The van der Waals surface area contributed by atoms with Crippen molar-refractivity contribution in [2.24, 2.45) is 0 Å². The van der Waals surface area contributed by atoms with E-state index in [2.05, 4.69) is 27.4 Å². The number of amides is 1. The molecule has 0 saturated carbocycles. The molecule has 5 heteroatoms. The maximum Gasteiger partial charge on any atom is 0.410 e. The summed E-state index contributed by atoms with van der Waals surface area (Å²) in [6.07, 6.45) is 4.41. The summed E-state index contributed by atoms with van der Waals surface area (Å²) in [6.45, 7) is 13.3. The summed E-state index contributed by atoms with van der Waals surface area (Å²) < 4.78 is 5.13. The molecule has 1 unspecified atom stereocenters. The van der Waals surface area contributed by atoms with Gasteiger partial charge in [0, 0.05) is 17.2 Å². The molecule has 0 aromatic heterocycles. The third-order valence-corrected chi connectivity index (χ3v) is 3.58. The number of hydrogen-bond acceptors (Lipinski definition) is 3. The van der Waals surface area contributed by atoms with Crippen LogP contribution in [0.4, 0.5) is 4.79 Å². The van der Waals surface area contributed by atoms with Crippen molar-refractivity contribution in [1.82, 2.24) is 4.90 Å². The second-order valence-corrected chi connectivity index (χ2v) is 6.06. The van der Waals surface area contributed by atoms with E-state index >= 15 is 0 Å². The number of aliphatic carboxylic acids is 1. The van der Waals surface area contributed by atoms with Crippen LogP contribution in [0.1, 0.15) is 60.3 Å². The Balaban J connectivity index is 0.000000567. The molecule has 1 aliphatic rings. The van der Waals surface area contributed by atoms with Crippen molar-refractivity contribution >= 4 is 12.1 Å². The summed E-state index contributed by atoms with van der Waals surface area (Å²) in [5.74, 6) is -0.935. The van der Waals surface area contributed by atoms with Gasteiger partial charge in [0.05, 0.1) is 6.61 Å². The highest BCUT2D eigenvalue weighted by Crippen LogP contribution is 2.30. The van der Waals surface area contributed by atoms with E-state index in [0.717, 1.165) is 12.8 Å². The second-order valence-electron chi connectivity index (χ2n) is 6.06. The monoisotopic (exact) mass is 299 g/mol. The van der Waals surface area contributed by atoms with Crippen molar-refractivity contribution in [2.45, 2.75) is 71.9 Å². The molecule has 1 N–H and O–H groups in total. The van der Waals surface area contributed by atoms with Gasteiger partial charge in [-0.2, -0.15) is 0 Å². The number of carbonyl (C=O) groups excluding carboxylic acids is 1. The van der Waals surface area contributed by atoms with E-state index in [-0.39, 0.29) is 17.2 Å². The van der Waals surface area contributed by atoms with Crippen LogP contribution in [-0.2, 0) is 9.53 Å². The smallest absolute Gasteiger partial charge is 0.410 e. The van der Waals surface area contributed by atoms with Gasteiger partial charge in [-0.05, 0) is 47.5 Å². The molecule has 0 radical (unpaired) electrons. The molecule has 0 aliphatic carbocycles. The van der Waals surface area contributed by atoms with Gasteiger partial charge in [-0.1, -0.05) is 19.4 Å². The number of carboxylic acid groups (broad SMARTS) is 1. The molecular formula is C16H29NO4. The van der Waals surface area contributed by atoms with Gasteiger partial charge >= 0.3 is 12.1 Å². The van der Waals surface area contributed by atoms with Crippen molar-refractivity contribution in [2.75, 3.05) is 6.61 Å². The summed E-state index contributed by atoms with van der Waals surface area (Å²) in [6, 6.07) is 0.293. The Morgan fingerprint density at radius 3 is 2.33 bits per heavy atom. The fourth-order valence-electron chi connectivity index (χ4n) is 2.46. The molecule has 1 fully saturated rings.